The van der Waals surface area contributed by atoms with E-state index in [2.05, 4.69) is 22.0 Å². The third-order valence-corrected chi connectivity index (χ3v) is 7.05. The van der Waals surface area contributed by atoms with E-state index in [9.17, 15) is 4.79 Å². The second kappa shape index (κ2) is 10.7. The first-order valence-corrected chi connectivity index (χ1v) is 13.2. The predicted octanol–water partition coefficient (Wildman–Crippen LogP) is 5.29. The number of carbonyl (C=O) groups is 1. The molecule has 0 saturated heterocycles. The van der Waals surface area contributed by atoms with Crippen molar-refractivity contribution in [3.63, 3.8) is 0 Å². The van der Waals surface area contributed by atoms with Crippen molar-refractivity contribution >= 4 is 22.7 Å². The number of carbonyl (C=O) groups excluding carboxylic acids is 1. The van der Waals surface area contributed by atoms with Crippen molar-refractivity contribution in [1.82, 2.24) is 9.55 Å². The maximum absolute atomic E-state index is 12.5. The number of hydrogen-bond donors (Lipinski definition) is 1. The average Bonchev–Trinajstić information content (AvgIpc) is 3.58. The van der Waals surface area contributed by atoms with Gasteiger partial charge in [0, 0.05) is 35.8 Å². The molecule has 8 nitrogen and oxygen atoms in total. The number of rotatable bonds is 9. The molecule has 1 unspecified atom stereocenters. The molecule has 2 aromatic heterocycles. The summed E-state index contributed by atoms with van der Waals surface area (Å²) in [6.45, 7) is 3.89. The highest BCUT2D eigenvalue weighted by molar-refractivity contribution is 5.82. The number of hydrogen-bond acceptors (Lipinski definition) is 7. The van der Waals surface area contributed by atoms with Crippen LogP contribution in [-0.4, -0.2) is 42.1 Å². The molecule has 0 amide bonds. The zero-order valence-electron chi connectivity index (χ0n) is 21.4. The van der Waals surface area contributed by atoms with Crippen LogP contribution in [0, 0.1) is 0 Å². The summed E-state index contributed by atoms with van der Waals surface area (Å²) in [5, 5.41) is 4.42. The fourth-order valence-corrected chi connectivity index (χ4v) is 5.16. The van der Waals surface area contributed by atoms with Gasteiger partial charge >= 0.3 is 5.97 Å². The number of nitrogens with zero attached hydrogens (tertiary/aromatic N) is 2. The highest BCUT2D eigenvalue weighted by atomic mass is 16.7. The molecule has 8 heteroatoms. The Morgan fingerprint density at radius 1 is 1.11 bits per heavy atom. The van der Waals surface area contributed by atoms with E-state index in [1.54, 1.807) is 0 Å². The van der Waals surface area contributed by atoms with E-state index in [1.165, 1.54) is 5.56 Å². The first-order valence-electron chi connectivity index (χ1n) is 13.2. The SMILES string of the molecule is CCOC(=O)CC(c1ccc2c(c1)OCO2)n1ccc2cc(OCCc3ccc4c(n3)NCCC4)ccc21. The van der Waals surface area contributed by atoms with E-state index in [4.69, 9.17) is 23.9 Å². The minimum Gasteiger partial charge on any atom is -0.493 e. The lowest BCUT2D eigenvalue weighted by Gasteiger charge is -2.20. The van der Waals surface area contributed by atoms with Crippen LogP contribution in [0.5, 0.6) is 17.2 Å². The van der Waals surface area contributed by atoms with Gasteiger partial charge in [0.2, 0.25) is 6.79 Å². The summed E-state index contributed by atoms with van der Waals surface area (Å²) in [6, 6.07) is 17.9. The Morgan fingerprint density at radius 3 is 2.95 bits per heavy atom. The number of aryl methyl sites for hydroxylation is 1. The Labute approximate surface area is 221 Å². The average molecular weight is 514 g/mol. The number of pyridine rings is 1. The lowest BCUT2D eigenvalue weighted by molar-refractivity contribution is -0.143. The molecule has 1 atom stereocenters. The van der Waals surface area contributed by atoms with Crippen LogP contribution in [0.2, 0.25) is 0 Å². The van der Waals surface area contributed by atoms with Crippen LogP contribution >= 0.6 is 0 Å². The van der Waals surface area contributed by atoms with Gasteiger partial charge in [-0.25, -0.2) is 4.98 Å². The van der Waals surface area contributed by atoms with Crippen LogP contribution in [-0.2, 0) is 22.4 Å². The zero-order chi connectivity index (χ0) is 25.9. The van der Waals surface area contributed by atoms with Crippen LogP contribution in [0.25, 0.3) is 10.9 Å². The van der Waals surface area contributed by atoms with E-state index in [1.807, 2.05) is 55.6 Å². The number of aromatic nitrogens is 2. The molecule has 2 aliphatic rings. The second-order valence-electron chi connectivity index (χ2n) is 9.52. The predicted molar refractivity (Wildman–Crippen MR) is 144 cm³/mol. The van der Waals surface area contributed by atoms with Gasteiger partial charge in [-0.3, -0.25) is 4.79 Å². The molecule has 4 aromatic rings. The van der Waals surface area contributed by atoms with E-state index < -0.39 is 0 Å². The number of nitrogens with one attached hydrogen (secondary N) is 1. The fourth-order valence-electron chi connectivity index (χ4n) is 5.16. The topological polar surface area (TPSA) is 83.8 Å². The fraction of sp³-hybridized carbons (Fsp3) is 0.333. The first kappa shape index (κ1) is 24.2. The molecule has 1 N–H and O–H groups in total. The van der Waals surface area contributed by atoms with Gasteiger partial charge in [0.15, 0.2) is 11.5 Å². The number of fused-ring (bicyclic) bond motifs is 3. The van der Waals surface area contributed by atoms with Crippen LogP contribution in [0.4, 0.5) is 5.82 Å². The van der Waals surface area contributed by atoms with Crippen molar-refractivity contribution in [3.8, 4) is 17.2 Å². The quantitative estimate of drug-likeness (QED) is 0.305. The van der Waals surface area contributed by atoms with Crippen LogP contribution in [0.3, 0.4) is 0 Å². The largest absolute Gasteiger partial charge is 0.493 e. The lowest BCUT2D eigenvalue weighted by Crippen LogP contribution is -2.16. The molecular formula is C30H31N3O5. The standard InChI is InChI=1S/C30H31N3O5/c1-2-35-29(34)18-26(21-6-10-27-28(17-21)38-19-37-27)33-14-11-22-16-24(8-9-25(22)33)36-15-12-23-7-5-20-4-3-13-31-30(20)32-23/h5-11,14,16-17,26H,2-4,12-13,15,18-19H2,1H3,(H,31,32). The summed E-state index contributed by atoms with van der Waals surface area (Å²) in [7, 11) is 0. The first-order chi connectivity index (χ1) is 18.7. The molecule has 4 heterocycles. The van der Waals surface area contributed by atoms with Crippen molar-refractivity contribution in [3.05, 3.63) is 77.6 Å². The van der Waals surface area contributed by atoms with E-state index >= 15 is 0 Å². The Balaban J connectivity index is 1.19. The summed E-state index contributed by atoms with van der Waals surface area (Å²) in [5.74, 6) is 2.97. The highest BCUT2D eigenvalue weighted by Crippen LogP contribution is 2.37. The van der Waals surface area contributed by atoms with E-state index in [-0.39, 0.29) is 25.2 Å². The highest BCUT2D eigenvalue weighted by Gasteiger charge is 2.23. The molecular weight excluding hydrogens is 482 g/mol. The number of benzene rings is 2. The molecule has 0 spiro atoms. The molecule has 2 aromatic carbocycles. The summed E-state index contributed by atoms with van der Waals surface area (Å²) >= 11 is 0. The van der Waals surface area contributed by atoms with Crippen molar-refractivity contribution < 1.29 is 23.7 Å². The number of ether oxygens (including phenoxy) is 4. The molecule has 0 radical (unpaired) electrons. The Bertz CT molecular complexity index is 1460. The third kappa shape index (κ3) is 4.98. The maximum atomic E-state index is 12.5. The van der Waals surface area contributed by atoms with E-state index in [0.29, 0.717) is 24.7 Å². The molecule has 0 fully saturated rings. The molecule has 0 aliphatic carbocycles. The lowest BCUT2D eigenvalue weighted by atomic mass is 10.0. The summed E-state index contributed by atoms with van der Waals surface area (Å²) < 4.78 is 24.5. The minimum absolute atomic E-state index is 0.204. The van der Waals surface area contributed by atoms with Crippen molar-refractivity contribution in [2.75, 3.05) is 31.9 Å². The minimum atomic E-state index is -0.253. The van der Waals surface area contributed by atoms with Gasteiger partial charge in [0.1, 0.15) is 11.6 Å². The molecule has 0 bridgehead atoms. The Hall–Kier alpha value is -4.20. The van der Waals surface area contributed by atoms with Gasteiger partial charge in [-0.15, -0.1) is 0 Å². The van der Waals surface area contributed by atoms with Crippen molar-refractivity contribution in [1.29, 1.82) is 0 Å². The van der Waals surface area contributed by atoms with Crippen LogP contribution in [0.1, 0.15) is 42.6 Å². The molecule has 6 rings (SSSR count). The normalized spacial score (nSPS) is 14.6. The number of esters is 1. The third-order valence-electron chi connectivity index (χ3n) is 7.05. The van der Waals surface area contributed by atoms with E-state index in [0.717, 1.165) is 59.5 Å². The molecule has 38 heavy (non-hydrogen) atoms. The van der Waals surface area contributed by atoms with Crippen LogP contribution < -0.4 is 19.5 Å². The van der Waals surface area contributed by atoms with Gasteiger partial charge in [0.25, 0.3) is 0 Å². The smallest absolute Gasteiger partial charge is 0.308 e. The molecule has 196 valence electrons. The van der Waals surface area contributed by atoms with Crippen LogP contribution in [0.15, 0.2) is 60.8 Å². The summed E-state index contributed by atoms with van der Waals surface area (Å²) in [6.07, 6.45) is 5.19. The Morgan fingerprint density at radius 2 is 2.03 bits per heavy atom. The van der Waals surface area contributed by atoms with Gasteiger partial charge in [-0.2, -0.15) is 0 Å². The Kier molecular flexibility index (Phi) is 6.77. The number of anilines is 1. The van der Waals surface area contributed by atoms with Gasteiger partial charge in [-0.05, 0) is 73.4 Å². The second-order valence-corrected chi connectivity index (χ2v) is 9.52. The van der Waals surface area contributed by atoms with Gasteiger partial charge in [-0.1, -0.05) is 12.1 Å². The summed E-state index contributed by atoms with van der Waals surface area (Å²) in [4.78, 5) is 17.3. The summed E-state index contributed by atoms with van der Waals surface area (Å²) in [5.41, 5.74) is 4.27. The zero-order valence-corrected chi connectivity index (χ0v) is 21.4. The monoisotopic (exact) mass is 513 g/mol. The van der Waals surface area contributed by atoms with Gasteiger partial charge in [0.05, 0.1) is 25.7 Å². The molecule has 2 aliphatic heterocycles. The van der Waals surface area contributed by atoms with Gasteiger partial charge < -0.3 is 28.8 Å². The van der Waals surface area contributed by atoms with Crippen molar-refractivity contribution in [2.45, 2.75) is 38.6 Å². The van der Waals surface area contributed by atoms with Crippen molar-refractivity contribution in [2.24, 2.45) is 0 Å². The molecule has 0 saturated carbocycles. The maximum Gasteiger partial charge on any atom is 0.308 e.